The van der Waals surface area contributed by atoms with Crippen molar-refractivity contribution in [3.8, 4) is 11.3 Å². The molecule has 2 heterocycles. The van der Waals surface area contributed by atoms with Crippen molar-refractivity contribution >= 4 is 22.9 Å². The number of aryl methyl sites for hydroxylation is 1. The summed E-state index contributed by atoms with van der Waals surface area (Å²) in [5.74, 6) is 0. The van der Waals surface area contributed by atoms with Gasteiger partial charge in [0.25, 0.3) is 5.56 Å². The maximum Gasteiger partial charge on any atom is 0.251 e. The normalized spacial score (nSPS) is 10.8. The van der Waals surface area contributed by atoms with Crippen LogP contribution in [0, 0.1) is 6.92 Å². The minimum Gasteiger partial charge on any atom is -0.309 e. The third-order valence-corrected chi connectivity index (χ3v) is 4.20. The van der Waals surface area contributed by atoms with Gasteiger partial charge in [0.15, 0.2) is 0 Å². The van der Waals surface area contributed by atoms with Crippen molar-refractivity contribution in [3.63, 3.8) is 0 Å². The van der Waals surface area contributed by atoms with Gasteiger partial charge >= 0.3 is 0 Å². The average Bonchev–Trinajstić information content (AvgIpc) is 2.91. The van der Waals surface area contributed by atoms with Gasteiger partial charge in [-0.1, -0.05) is 23.7 Å². The van der Waals surface area contributed by atoms with Crippen molar-refractivity contribution < 1.29 is 0 Å². The Kier molecular flexibility index (Phi) is 3.90. The van der Waals surface area contributed by atoms with Gasteiger partial charge in [-0.25, -0.2) is 4.98 Å². The van der Waals surface area contributed by atoms with E-state index in [2.05, 4.69) is 4.98 Å². The Labute approximate surface area is 131 Å². The highest BCUT2D eigenvalue weighted by Crippen LogP contribution is 2.24. The first kappa shape index (κ1) is 14.0. The molecule has 0 N–H and O–H groups in total. The quantitative estimate of drug-likeness (QED) is 0.732. The number of hydrogen-bond acceptors (Lipinski definition) is 3. The number of aromatic nitrogens is 2. The minimum absolute atomic E-state index is 0.00509. The molecule has 0 amide bonds. The fraction of sp³-hybridized carbons (Fsp3) is 0.125. The third kappa shape index (κ3) is 3.23. The van der Waals surface area contributed by atoms with Crippen LogP contribution in [0.5, 0.6) is 0 Å². The predicted molar refractivity (Wildman–Crippen MR) is 87.1 cm³/mol. The van der Waals surface area contributed by atoms with Crippen molar-refractivity contribution in [1.29, 1.82) is 0 Å². The van der Waals surface area contributed by atoms with Crippen LogP contribution in [-0.4, -0.2) is 9.55 Å². The van der Waals surface area contributed by atoms with Gasteiger partial charge in [0, 0.05) is 28.2 Å². The smallest absolute Gasteiger partial charge is 0.251 e. The molecule has 0 radical (unpaired) electrons. The van der Waals surface area contributed by atoms with Crippen LogP contribution < -0.4 is 5.56 Å². The molecule has 3 rings (SSSR count). The Morgan fingerprint density at radius 3 is 2.90 bits per heavy atom. The van der Waals surface area contributed by atoms with Gasteiger partial charge in [-0.2, -0.15) is 0 Å². The summed E-state index contributed by atoms with van der Waals surface area (Å²) < 4.78 is 1.66. The number of nitrogens with zero attached hydrogens (tertiary/aromatic N) is 2. The monoisotopic (exact) mass is 316 g/mol. The van der Waals surface area contributed by atoms with Crippen molar-refractivity contribution in [1.82, 2.24) is 9.55 Å². The van der Waals surface area contributed by atoms with E-state index in [1.807, 2.05) is 42.6 Å². The van der Waals surface area contributed by atoms with Gasteiger partial charge in [0.1, 0.15) is 5.01 Å². The lowest BCUT2D eigenvalue weighted by Crippen LogP contribution is -2.19. The second-order valence-electron chi connectivity index (χ2n) is 4.81. The topological polar surface area (TPSA) is 34.9 Å². The molecule has 0 aliphatic carbocycles. The van der Waals surface area contributed by atoms with E-state index in [0.29, 0.717) is 11.6 Å². The van der Waals surface area contributed by atoms with Crippen LogP contribution in [0.1, 0.15) is 10.6 Å². The van der Waals surface area contributed by atoms with E-state index >= 15 is 0 Å². The lowest BCUT2D eigenvalue weighted by Gasteiger charge is -2.03. The number of thiazole rings is 1. The molecule has 21 heavy (non-hydrogen) atoms. The Morgan fingerprint density at radius 2 is 2.14 bits per heavy atom. The van der Waals surface area contributed by atoms with E-state index in [9.17, 15) is 4.79 Å². The largest absolute Gasteiger partial charge is 0.309 e. The molecule has 0 unspecified atom stereocenters. The van der Waals surface area contributed by atoms with Gasteiger partial charge in [0.05, 0.1) is 12.2 Å². The van der Waals surface area contributed by atoms with Crippen LogP contribution in [0.15, 0.2) is 52.8 Å². The van der Waals surface area contributed by atoms with Crippen LogP contribution >= 0.6 is 22.9 Å². The van der Waals surface area contributed by atoms with Crippen molar-refractivity contribution in [2.45, 2.75) is 13.5 Å². The summed E-state index contributed by atoms with van der Waals surface area (Å²) >= 11 is 7.54. The first-order chi connectivity index (χ1) is 10.1. The molecule has 106 valence electrons. The zero-order chi connectivity index (χ0) is 14.8. The summed E-state index contributed by atoms with van der Waals surface area (Å²) in [7, 11) is 0. The number of hydrogen-bond donors (Lipinski definition) is 0. The number of rotatable bonds is 3. The van der Waals surface area contributed by atoms with Crippen molar-refractivity contribution in [3.05, 3.63) is 73.9 Å². The van der Waals surface area contributed by atoms with E-state index in [0.717, 1.165) is 21.8 Å². The van der Waals surface area contributed by atoms with Gasteiger partial charge < -0.3 is 4.57 Å². The Bertz CT molecular complexity index is 838. The van der Waals surface area contributed by atoms with Gasteiger partial charge in [0.2, 0.25) is 0 Å². The predicted octanol–water partition coefficient (Wildman–Crippen LogP) is 3.98. The van der Waals surface area contributed by atoms with Crippen LogP contribution in [0.25, 0.3) is 11.3 Å². The molecular weight excluding hydrogens is 304 g/mol. The van der Waals surface area contributed by atoms with E-state index in [4.69, 9.17) is 11.6 Å². The fourth-order valence-electron chi connectivity index (χ4n) is 2.05. The molecule has 0 aliphatic rings. The molecule has 2 aromatic heterocycles. The molecule has 5 heteroatoms. The summed E-state index contributed by atoms with van der Waals surface area (Å²) in [6.45, 7) is 2.40. The summed E-state index contributed by atoms with van der Waals surface area (Å²) in [4.78, 5) is 16.5. The fourth-order valence-corrected chi connectivity index (χ4v) is 3.04. The Balaban J connectivity index is 1.87. The van der Waals surface area contributed by atoms with Crippen LogP contribution in [0.3, 0.4) is 0 Å². The lowest BCUT2D eigenvalue weighted by atomic mass is 10.2. The van der Waals surface area contributed by atoms with Crippen molar-refractivity contribution in [2.24, 2.45) is 0 Å². The molecule has 0 fully saturated rings. The van der Waals surface area contributed by atoms with Gasteiger partial charge in [-0.05, 0) is 30.7 Å². The molecule has 0 spiro atoms. The SMILES string of the molecule is Cc1ccn(Cc2nc(-c3cccc(Cl)c3)cs2)c(=O)c1. The van der Waals surface area contributed by atoms with Gasteiger partial charge in [-0.3, -0.25) is 4.79 Å². The van der Waals surface area contributed by atoms with E-state index in [-0.39, 0.29) is 5.56 Å². The Hall–Kier alpha value is -1.91. The molecule has 0 aliphatic heterocycles. The third-order valence-electron chi connectivity index (χ3n) is 3.13. The first-order valence-electron chi connectivity index (χ1n) is 6.49. The summed E-state index contributed by atoms with van der Waals surface area (Å²) in [6.07, 6.45) is 1.80. The molecule has 3 nitrogen and oxygen atoms in total. The Morgan fingerprint density at radius 1 is 1.29 bits per heavy atom. The highest BCUT2D eigenvalue weighted by Gasteiger charge is 2.06. The second kappa shape index (κ2) is 5.84. The van der Waals surface area contributed by atoms with Crippen LogP contribution in [0.2, 0.25) is 5.02 Å². The number of pyridine rings is 1. The molecule has 0 saturated carbocycles. The van der Waals surface area contributed by atoms with Crippen molar-refractivity contribution in [2.75, 3.05) is 0 Å². The average molecular weight is 317 g/mol. The molecule has 1 aromatic carbocycles. The maximum absolute atomic E-state index is 11.9. The maximum atomic E-state index is 11.9. The van der Waals surface area contributed by atoms with Crippen LogP contribution in [0.4, 0.5) is 0 Å². The summed E-state index contributed by atoms with van der Waals surface area (Å²) in [6, 6.07) is 11.2. The molecule has 0 atom stereocenters. The van der Waals surface area contributed by atoms with E-state index in [1.165, 1.54) is 0 Å². The highest BCUT2D eigenvalue weighted by molar-refractivity contribution is 7.09. The molecule has 0 saturated heterocycles. The number of halogens is 1. The summed E-state index contributed by atoms with van der Waals surface area (Å²) in [5.41, 5.74) is 2.84. The zero-order valence-electron chi connectivity index (χ0n) is 11.4. The minimum atomic E-state index is -0.00509. The van der Waals surface area contributed by atoms with E-state index in [1.54, 1.807) is 28.2 Å². The highest BCUT2D eigenvalue weighted by atomic mass is 35.5. The van der Waals surface area contributed by atoms with Crippen LogP contribution in [-0.2, 0) is 6.54 Å². The molecular formula is C16H13ClN2OS. The molecule has 0 bridgehead atoms. The first-order valence-corrected chi connectivity index (χ1v) is 7.75. The lowest BCUT2D eigenvalue weighted by molar-refractivity contribution is 0.752. The standard InChI is InChI=1S/C16H13ClN2OS/c1-11-5-6-19(16(20)7-11)9-15-18-14(10-21-15)12-3-2-4-13(17)8-12/h2-8,10H,9H2,1H3. The molecule has 3 aromatic rings. The second-order valence-corrected chi connectivity index (χ2v) is 6.19. The van der Waals surface area contributed by atoms with E-state index < -0.39 is 0 Å². The summed E-state index contributed by atoms with van der Waals surface area (Å²) in [5, 5.41) is 3.58. The zero-order valence-corrected chi connectivity index (χ0v) is 13.0. The number of benzene rings is 1. The van der Waals surface area contributed by atoms with Gasteiger partial charge in [-0.15, -0.1) is 11.3 Å².